The van der Waals surface area contributed by atoms with Gasteiger partial charge in [-0.15, -0.1) is 0 Å². The maximum atomic E-state index is 12.1. The number of nitrogens with zero attached hydrogens (tertiary/aromatic N) is 4. The van der Waals surface area contributed by atoms with E-state index in [0.29, 0.717) is 58.5 Å². The molecule has 0 radical (unpaired) electrons. The number of carbonyl (C=O) groups is 2. The molecule has 170 valence electrons. The molecule has 8 heteroatoms. The van der Waals surface area contributed by atoms with Gasteiger partial charge in [0.1, 0.15) is 0 Å². The molecule has 0 aliphatic rings. The second kappa shape index (κ2) is 10.4. The zero-order valence-corrected chi connectivity index (χ0v) is 18.8. The van der Waals surface area contributed by atoms with Crippen molar-refractivity contribution in [3.8, 4) is 34.2 Å². The van der Waals surface area contributed by atoms with Gasteiger partial charge in [0.15, 0.2) is 0 Å². The molecule has 4 aromatic rings. The highest BCUT2D eigenvalue weighted by atomic mass is 16.5. The molecule has 0 amide bonds. The van der Waals surface area contributed by atoms with Crippen LogP contribution < -0.4 is 0 Å². The van der Waals surface area contributed by atoms with Crippen molar-refractivity contribution in [3.05, 3.63) is 84.2 Å². The Morgan fingerprint density at radius 3 is 1.38 bits per heavy atom. The number of aromatic nitrogens is 4. The molecule has 4 rings (SSSR count). The van der Waals surface area contributed by atoms with Gasteiger partial charge < -0.3 is 9.47 Å². The monoisotopic (exact) mass is 454 g/mol. The fraction of sp³-hybridized carbons (Fsp3) is 0.154. The molecule has 0 spiro atoms. The molecule has 0 aromatic carbocycles. The summed E-state index contributed by atoms with van der Waals surface area (Å²) in [6.45, 7) is 4.11. The van der Waals surface area contributed by atoms with Crippen LogP contribution in [-0.2, 0) is 9.47 Å². The quantitative estimate of drug-likeness (QED) is 0.373. The lowest BCUT2D eigenvalue weighted by atomic mass is 10.1. The van der Waals surface area contributed by atoms with Crippen molar-refractivity contribution in [1.82, 2.24) is 19.9 Å². The van der Waals surface area contributed by atoms with Crippen molar-refractivity contribution >= 4 is 11.9 Å². The van der Waals surface area contributed by atoms with E-state index in [2.05, 4.69) is 9.97 Å². The molecular weight excluding hydrogens is 432 g/mol. The van der Waals surface area contributed by atoms with Crippen LogP contribution in [0, 0.1) is 0 Å². The molecule has 0 atom stereocenters. The minimum Gasteiger partial charge on any atom is -0.462 e. The van der Waals surface area contributed by atoms with Gasteiger partial charge in [-0.05, 0) is 62.4 Å². The van der Waals surface area contributed by atoms with Gasteiger partial charge in [-0.1, -0.05) is 12.1 Å². The molecule has 4 aromatic heterocycles. The van der Waals surface area contributed by atoms with Gasteiger partial charge >= 0.3 is 11.9 Å². The van der Waals surface area contributed by atoms with Crippen LogP contribution in [0.5, 0.6) is 0 Å². The molecule has 0 aliphatic heterocycles. The SMILES string of the molecule is CCOC(=O)c1ccnc(-c2cccc(-c3cccc(-c4cc(C(=O)OCC)ccn4)n3)n2)c1. The predicted octanol–water partition coefficient (Wildman–Crippen LogP) is 4.62. The lowest BCUT2D eigenvalue weighted by Crippen LogP contribution is -2.05. The van der Waals surface area contributed by atoms with E-state index in [1.807, 2.05) is 36.4 Å². The molecule has 0 fully saturated rings. The number of hydrogen-bond acceptors (Lipinski definition) is 8. The Bertz CT molecular complexity index is 1240. The summed E-state index contributed by atoms with van der Waals surface area (Å²) in [7, 11) is 0. The maximum Gasteiger partial charge on any atom is 0.338 e. The van der Waals surface area contributed by atoms with E-state index in [4.69, 9.17) is 19.4 Å². The number of rotatable bonds is 7. The van der Waals surface area contributed by atoms with Gasteiger partial charge in [-0.3, -0.25) is 9.97 Å². The molecule has 34 heavy (non-hydrogen) atoms. The highest BCUT2D eigenvalue weighted by molar-refractivity contribution is 5.91. The van der Waals surface area contributed by atoms with Crippen LogP contribution in [0.3, 0.4) is 0 Å². The van der Waals surface area contributed by atoms with Gasteiger partial charge in [0.05, 0.1) is 58.5 Å². The van der Waals surface area contributed by atoms with Crippen LogP contribution in [0.1, 0.15) is 34.6 Å². The van der Waals surface area contributed by atoms with E-state index in [1.165, 1.54) is 0 Å². The van der Waals surface area contributed by atoms with Crippen LogP contribution >= 0.6 is 0 Å². The number of esters is 2. The molecular formula is C26H22N4O4. The van der Waals surface area contributed by atoms with Crippen LogP contribution in [0.25, 0.3) is 34.2 Å². The first-order valence-corrected chi connectivity index (χ1v) is 10.8. The summed E-state index contributed by atoms with van der Waals surface area (Å²) in [6, 6.07) is 17.5. The van der Waals surface area contributed by atoms with E-state index in [9.17, 15) is 9.59 Å². The Morgan fingerprint density at radius 2 is 1.00 bits per heavy atom. The zero-order chi connectivity index (χ0) is 23.9. The van der Waals surface area contributed by atoms with Gasteiger partial charge in [0.2, 0.25) is 0 Å². The summed E-state index contributed by atoms with van der Waals surface area (Å²) < 4.78 is 10.1. The summed E-state index contributed by atoms with van der Waals surface area (Å²) >= 11 is 0. The van der Waals surface area contributed by atoms with Crippen molar-refractivity contribution in [2.45, 2.75) is 13.8 Å². The third-order valence-electron chi connectivity index (χ3n) is 4.83. The first-order valence-electron chi connectivity index (χ1n) is 10.8. The largest absolute Gasteiger partial charge is 0.462 e. The second-order valence-corrected chi connectivity index (χ2v) is 7.12. The van der Waals surface area contributed by atoms with E-state index >= 15 is 0 Å². The third kappa shape index (κ3) is 5.12. The first kappa shape index (κ1) is 22.7. The Balaban J connectivity index is 1.65. The minimum absolute atomic E-state index is 0.295. The van der Waals surface area contributed by atoms with E-state index < -0.39 is 11.9 Å². The highest BCUT2D eigenvalue weighted by Crippen LogP contribution is 2.24. The summed E-state index contributed by atoms with van der Waals surface area (Å²) in [5, 5.41) is 0. The van der Waals surface area contributed by atoms with Gasteiger partial charge in [-0.25, -0.2) is 19.6 Å². The van der Waals surface area contributed by atoms with E-state index in [1.54, 1.807) is 50.5 Å². The summed E-state index contributed by atoms with van der Waals surface area (Å²) in [4.78, 5) is 42.2. The van der Waals surface area contributed by atoms with E-state index in [-0.39, 0.29) is 0 Å². The van der Waals surface area contributed by atoms with Gasteiger partial charge in [0.25, 0.3) is 0 Å². The molecule has 0 unspecified atom stereocenters. The van der Waals surface area contributed by atoms with E-state index in [0.717, 1.165) is 0 Å². The van der Waals surface area contributed by atoms with Gasteiger partial charge in [0, 0.05) is 12.4 Å². The van der Waals surface area contributed by atoms with Crippen molar-refractivity contribution in [2.75, 3.05) is 13.2 Å². The fourth-order valence-electron chi connectivity index (χ4n) is 3.26. The normalized spacial score (nSPS) is 10.5. The van der Waals surface area contributed by atoms with Crippen molar-refractivity contribution < 1.29 is 19.1 Å². The highest BCUT2D eigenvalue weighted by Gasteiger charge is 2.13. The molecule has 0 saturated carbocycles. The maximum absolute atomic E-state index is 12.1. The Hall–Kier alpha value is -4.46. The summed E-state index contributed by atoms with van der Waals surface area (Å²) in [5.41, 5.74) is 4.36. The Morgan fingerprint density at radius 1 is 0.618 bits per heavy atom. The van der Waals surface area contributed by atoms with Crippen molar-refractivity contribution in [1.29, 1.82) is 0 Å². The van der Waals surface area contributed by atoms with Crippen LogP contribution in [0.4, 0.5) is 0 Å². The Kier molecular flexibility index (Phi) is 6.98. The average Bonchev–Trinajstić information content (AvgIpc) is 2.89. The fourth-order valence-corrected chi connectivity index (χ4v) is 3.26. The van der Waals surface area contributed by atoms with Crippen molar-refractivity contribution in [2.24, 2.45) is 0 Å². The van der Waals surface area contributed by atoms with Crippen LogP contribution in [0.15, 0.2) is 73.1 Å². The number of pyridine rings is 4. The number of hydrogen-bond donors (Lipinski definition) is 0. The molecule has 0 bridgehead atoms. The smallest absolute Gasteiger partial charge is 0.338 e. The van der Waals surface area contributed by atoms with Crippen LogP contribution in [0.2, 0.25) is 0 Å². The number of ether oxygens (including phenoxy) is 2. The predicted molar refractivity (Wildman–Crippen MR) is 126 cm³/mol. The lowest BCUT2D eigenvalue weighted by Gasteiger charge is -2.08. The Labute approximate surface area is 196 Å². The number of carbonyl (C=O) groups excluding carboxylic acids is 2. The van der Waals surface area contributed by atoms with Gasteiger partial charge in [-0.2, -0.15) is 0 Å². The topological polar surface area (TPSA) is 104 Å². The zero-order valence-electron chi connectivity index (χ0n) is 18.8. The summed E-state index contributed by atoms with van der Waals surface area (Å²) in [5.74, 6) is -0.816. The molecule has 0 saturated heterocycles. The molecule has 4 heterocycles. The molecule has 8 nitrogen and oxygen atoms in total. The first-order chi connectivity index (χ1) is 16.6. The molecule has 0 N–H and O–H groups in total. The minimum atomic E-state index is -0.408. The van der Waals surface area contributed by atoms with Crippen molar-refractivity contribution in [3.63, 3.8) is 0 Å². The standard InChI is InChI=1S/C26H22N4O4/c1-3-33-25(31)17-11-13-27-23(15-17)21-9-5-7-19(29-21)20-8-6-10-22(30-20)24-16-18(12-14-28-24)26(32)34-4-2/h5-16H,3-4H2,1-2H3. The van der Waals surface area contributed by atoms with Crippen LogP contribution in [-0.4, -0.2) is 45.1 Å². The lowest BCUT2D eigenvalue weighted by molar-refractivity contribution is 0.0516. The third-order valence-corrected chi connectivity index (χ3v) is 4.83. The second-order valence-electron chi connectivity index (χ2n) is 7.12. The average molecular weight is 454 g/mol. The summed E-state index contributed by atoms with van der Waals surface area (Å²) in [6.07, 6.45) is 3.11. The molecule has 0 aliphatic carbocycles.